The van der Waals surface area contributed by atoms with Crippen LogP contribution in [0.25, 0.3) is 0 Å². The van der Waals surface area contributed by atoms with Crippen LogP contribution in [0.15, 0.2) is 46.0 Å². The van der Waals surface area contributed by atoms with E-state index in [9.17, 15) is 4.79 Å². The standard InChI is InChI=1S/C19H20BrClN2O4/c1-4-27-16-10-12(9-15(20)18(16)26-3)11-22-23-19(24)17(25-2)13-5-7-14(21)8-6-13/h5-11,17H,4H2,1-3H3,(H,23,24). The number of benzene rings is 2. The molecular formula is C19H20BrClN2O4. The number of methoxy groups -OCH3 is 2. The summed E-state index contributed by atoms with van der Waals surface area (Å²) >= 11 is 9.31. The highest BCUT2D eigenvalue weighted by Gasteiger charge is 2.19. The Labute approximate surface area is 171 Å². The molecule has 0 aromatic heterocycles. The van der Waals surface area contributed by atoms with Gasteiger partial charge in [0.1, 0.15) is 0 Å². The molecule has 0 saturated carbocycles. The number of halogens is 2. The van der Waals surface area contributed by atoms with E-state index in [1.54, 1.807) is 37.4 Å². The highest BCUT2D eigenvalue weighted by molar-refractivity contribution is 9.10. The lowest BCUT2D eigenvalue weighted by molar-refractivity contribution is -0.131. The molecule has 1 N–H and O–H groups in total. The summed E-state index contributed by atoms with van der Waals surface area (Å²) in [7, 11) is 3.02. The van der Waals surface area contributed by atoms with E-state index in [1.165, 1.54) is 13.3 Å². The van der Waals surface area contributed by atoms with Crippen LogP contribution in [0.5, 0.6) is 11.5 Å². The van der Waals surface area contributed by atoms with Crippen molar-refractivity contribution in [3.63, 3.8) is 0 Å². The van der Waals surface area contributed by atoms with Crippen molar-refractivity contribution >= 4 is 39.7 Å². The molecule has 0 fully saturated rings. The predicted octanol–water partition coefficient (Wildman–Crippen LogP) is 4.35. The Morgan fingerprint density at radius 1 is 1.30 bits per heavy atom. The second kappa shape index (κ2) is 10.3. The monoisotopic (exact) mass is 454 g/mol. The lowest BCUT2D eigenvalue weighted by atomic mass is 10.1. The fraction of sp³-hybridized carbons (Fsp3) is 0.263. The Hall–Kier alpha value is -2.09. The first kappa shape index (κ1) is 21.2. The average Bonchev–Trinajstić information content (AvgIpc) is 2.64. The van der Waals surface area contributed by atoms with Gasteiger partial charge in [-0.15, -0.1) is 0 Å². The molecule has 2 aromatic carbocycles. The molecule has 27 heavy (non-hydrogen) atoms. The van der Waals surface area contributed by atoms with E-state index < -0.39 is 12.0 Å². The number of hydrogen-bond acceptors (Lipinski definition) is 5. The molecule has 0 bridgehead atoms. The normalized spacial score (nSPS) is 12.0. The summed E-state index contributed by atoms with van der Waals surface area (Å²) < 4.78 is 16.9. The van der Waals surface area contributed by atoms with E-state index in [-0.39, 0.29) is 0 Å². The van der Waals surface area contributed by atoms with Gasteiger partial charge in [0, 0.05) is 12.1 Å². The molecule has 6 nitrogen and oxygen atoms in total. The van der Waals surface area contributed by atoms with Gasteiger partial charge in [0.15, 0.2) is 17.6 Å². The van der Waals surface area contributed by atoms with E-state index in [0.717, 1.165) is 10.0 Å². The summed E-state index contributed by atoms with van der Waals surface area (Å²) in [6.45, 7) is 2.38. The zero-order valence-corrected chi connectivity index (χ0v) is 17.5. The molecule has 0 heterocycles. The average molecular weight is 456 g/mol. The Morgan fingerprint density at radius 3 is 2.59 bits per heavy atom. The van der Waals surface area contributed by atoms with E-state index >= 15 is 0 Å². The van der Waals surface area contributed by atoms with Gasteiger partial charge in [0.05, 0.1) is 24.4 Å². The van der Waals surface area contributed by atoms with E-state index in [1.807, 2.05) is 13.0 Å². The number of hydrogen-bond donors (Lipinski definition) is 1. The predicted molar refractivity (Wildman–Crippen MR) is 109 cm³/mol. The molecule has 144 valence electrons. The lowest BCUT2D eigenvalue weighted by Gasteiger charge is -2.14. The van der Waals surface area contributed by atoms with Crippen molar-refractivity contribution in [3.05, 3.63) is 57.0 Å². The van der Waals surface area contributed by atoms with Crippen LogP contribution in [0, 0.1) is 0 Å². The van der Waals surface area contributed by atoms with Gasteiger partial charge in [0.2, 0.25) is 0 Å². The molecule has 2 rings (SSSR count). The molecule has 0 saturated heterocycles. The molecule has 0 aliphatic rings. The summed E-state index contributed by atoms with van der Waals surface area (Å²) in [5.74, 6) is 0.784. The van der Waals surface area contributed by atoms with Gasteiger partial charge in [-0.05, 0) is 58.2 Å². The van der Waals surface area contributed by atoms with Crippen molar-refractivity contribution in [1.82, 2.24) is 5.43 Å². The molecule has 1 amide bonds. The van der Waals surface area contributed by atoms with Crippen molar-refractivity contribution in [1.29, 1.82) is 0 Å². The molecule has 1 atom stereocenters. The maximum absolute atomic E-state index is 12.3. The molecule has 2 aromatic rings. The first-order chi connectivity index (χ1) is 13.0. The van der Waals surface area contributed by atoms with Gasteiger partial charge in [-0.25, -0.2) is 5.43 Å². The zero-order valence-electron chi connectivity index (χ0n) is 15.2. The van der Waals surface area contributed by atoms with E-state index in [2.05, 4.69) is 26.5 Å². The van der Waals surface area contributed by atoms with Crippen LogP contribution in [0.1, 0.15) is 24.2 Å². The highest BCUT2D eigenvalue weighted by atomic mass is 79.9. The zero-order chi connectivity index (χ0) is 19.8. The van der Waals surface area contributed by atoms with Crippen molar-refractivity contribution < 1.29 is 19.0 Å². The third kappa shape index (κ3) is 5.69. The van der Waals surface area contributed by atoms with Crippen LogP contribution < -0.4 is 14.9 Å². The largest absolute Gasteiger partial charge is 0.492 e. The van der Waals surface area contributed by atoms with Crippen LogP contribution in [0.2, 0.25) is 5.02 Å². The minimum Gasteiger partial charge on any atom is -0.492 e. The van der Waals surface area contributed by atoms with Crippen LogP contribution in [-0.4, -0.2) is 32.9 Å². The molecular weight excluding hydrogens is 436 g/mol. The van der Waals surface area contributed by atoms with Crippen molar-refractivity contribution in [2.45, 2.75) is 13.0 Å². The molecule has 8 heteroatoms. The van der Waals surface area contributed by atoms with Gasteiger partial charge >= 0.3 is 0 Å². The number of nitrogens with one attached hydrogen (secondary N) is 1. The van der Waals surface area contributed by atoms with Gasteiger partial charge < -0.3 is 14.2 Å². The van der Waals surface area contributed by atoms with Crippen LogP contribution in [0.3, 0.4) is 0 Å². The number of carbonyl (C=O) groups is 1. The van der Waals surface area contributed by atoms with Gasteiger partial charge in [-0.1, -0.05) is 23.7 Å². The first-order valence-electron chi connectivity index (χ1n) is 8.11. The van der Waals surface area contributed by atoms with Crippen molar-refractivity contribution in [2.75, 3.05) is 20.8 Å². The van der Waals surface area contributed by atoms with E-state index in [0.29, 0.717) is 28.7 Å². The van der Waals surface area contributed by atoms with Crippen LogP contribution >= 0.6 is 27.5 Å². The minimum atomic E-state index is -0.791. The summed E-state index contributed by atoms with van der Waals surface area (Å²) in [4.78, 5) is 12.3. The van der Waals surface area contributed by atoms with Crippen molar-refractivity contribution in [2.24, 2.45) is 5.10 Å². The lowest BCUT2D eigenvalue weighted by Crippen LogP contribution is -2.26. The quantitative estimate of drug-likeness (QED) is 0.475. The number of amides is 1. The second-order valence-corrected chi connectivity index (χ2v) is 6.66. The molecule has 0 radical (unpaired) electrons. The Balaban J connectivity index is 2.11. The van der Waals surface area contributed by atoms with Gasteiger partial charge in [-0.2, -0.15) is 5.10 Å². The maximum atomic E-state index is 12.3. The molecule has 0 spiro atoms. The Kier molecular flexibility index (Phi) is 8.09. The van der Waals surface area contributed by atoms with E-state index in [4.69, 9.17) is 25.8 Å². The summed E-state index contributed by atoms with van der Waals surface area (Å²) in [5.41, 5.74) is 3.89. The first-order valence-corrected chi connectivity index (χ1v) is 9.28. The number of ether oxygens (including phenoxy) is 3. The number of carbonyl (C=O) groups excluding carboxylic acids is 1. The molecule has 0 aliphatic heterocycles. The highest BCUT2D eigenvalue weighted by Crippen LogP contribution is 2.36. The van der Waals surface area contributed by atoms with Crippen molar-refractivity contribution in [3.8, 4) is 11.5 Å². The smallest absolute Gasteiger partial charge is 0.273 e. The molecule has 0 aliphatic carbocycles. The summed E-state index contributed by atoms with van der Waals surface area (Å²) in [6, 6.07) is 10.4. The Bertz CT molecular complexity index is 812. The van der Waals surface area contributed by atoms with Crippen LogP contribution in [0.4, 0.5) is 0 Å². The van der Waals surface area contributed by atoms with Gasteiger partial charge in [0.25, 0.3) is 5.91 Å². The SMILES string of the molecule is CCOc1cc(C=NNC(=O)C(OC)c2ccc(Cl)cc2)cc(Br)c1OC. The maximum Gasteiger partial charge on any atom is 0.273 e. The minimum absolute atomic E-state index is 0.395. The topological polar surface area (TPSA) is 69.2 Å². The van der Waals surface area contributed by atoms with Crippen LogP contribution in [-0.2, 0) is 9.53 Å². The molecule has 1 unspecified atom stereocenters. The number of nitrogens with zero attached hydrogens (tertiary/aromatic N) is 1. The fourth-order valence-corrected chi connectivity index (χ4v) is 3.13. The Morgan fingerprint density at radius 2 is 2.00 bits per heavy atom. The van der Waals surface area contributed by atoms with Gasteiger partial charge in [-0.3, -0.25) is 4.79 Å². The fourth-order valence-electron chi connectivity index (χ4n) is 2.38. The second-order valence-electron chi connectivity index (χ2n) is 5.37. The third-order valence-electron chi connectivity index (χ3n) is 3.57. The number of hydrazone groups is 1. The third-order valence-corrected chi connectivity index (χ3v) is 4.41. The number of rotatable bonds is 8. The summed E-state index contributed by atoms with van der Waals surface area (Å²) in [6.07, 6.45) is 0.722. The summed E-state index contributed by atoms with van der Waals surface area (Å²) in [5, 5.41) is 4.59.